The molecule has 3 rings (SSSR count). The number of carbonyl (C=O) groups excluding carboxylic acids is 2. The van der Waals surface area contributed by atoms with E-state index in [1.165, 1.54) is 6.07 Å². The van der Waals surface area contributed by atoms with Crippen LogP contribution in [0.3, 0.4) is 0 Å². The van der Waals surface area contributed by atoms with Gasteiger partial charge in [-0.25, -0.2) is 4.79 Å². The summed E-state index contributed by atoms with van der Waals surface area (Å²) in [6.07, 6.45) is 0. The Labute approximate surface area is 161 Å². The summed E-state index contributed by atoms with van der Waals surface area (Å²) in [7, 11) is 0. The molecule has 2 aromatic carbocycles. The van der Waals surface area contributed by atoms with Gasteiger partial charge in [0.1, 0.15) is 11.3 Å². The van der Waals surface area contributed by atoms with Gasteiger partial charge in [0.25, 0.3) is 11.8 Å². The van der Waals surface area contributed by atoms with Gasteiger partial charge in [0, 0.05) is 36.2 Å². The van der Waals surface area contributed by atoms with E-state index < -0.39 is 5.63 Å². The number of fused-ring (bicyclic) bond motifs is 1. The second-order valence-electron chi connectivity index (χ2n) is 6.08. The van der Waals surface area contributed by atoms with Gasteiger partial charge in [-0.2, -0.15) is 0 Å². The third kappa shape index (κ3) is 4.97. The van der Waals surface area contributed by atoms with Gasteiger partial charge >= 0.3 is 5.63 Å². The summed E-state index contributed by atoms with van der Waals surface area (Å²) in [5.41, 5.74) is 1.30. The number of carbonyl (C=O) groups is 2. The van der Waals surface area contributed by atoms with Gasteiger partial charge in [0.05, 0.1) is 0 Å². The maximum atomic E-state index is 12.0. The Morgan fingerprint density at radius 3 is 2.68 bits per heavy atom. The van der Waals surface area contributed by atoms with E-state index in [0.29, 0.717) is 23.4 Å². The number of hydrogen-bond donors (Lipinski definition) is 2. The number of hydrogen-bond acceptors (Lipinski definition) is 5. The largest absolute Gasteiger partial charge is 0.484 e. The highest BCUT2D eigenvalue weighted by Crippen LogP contribution is 2.19. The molecule has 2 N–H and O–H groups in total. The highest BCUT2D eigenvalue weighted by molar-refractivity contribution is 5.94. The first-order valence-corrected chi connectivity index (χ1v) is 8.85. The zero-order valence-electron chi connectivity index (χ0n) is 15.4. The van der Waals surface area contributed by atoms with E-state index in [9.17, 15) is 14.4 Å². The summed E-state index contributed by atoms with van der Waals surface area (Å²) in [4.78, 5) is 35.2. The van der Waals surface area contributed by atoms with Gasteiger partial charge in [0.2, 0.25) is 0 Å². The SMILES string of the molecule is CCNC(=O)c1cccc(CNC(=O)COc2ccc3ccc(=O)oc3c2)c1. The quantitative estimate of drug-likeness (QED) is 0.613. The molecule has 0 saturated carbocycles. The average molecular weight is 380 g/mol. The zero-order chi connectivity index (χ0) is 19.9. The van der Waals surface area contributed by atoms with Crippen molar-refractivity contribution in [3.8, 4) is 5.75 Å². The van der Waals surface area contributed by atoms with E-state index in [1.54, 1.807) is 42.5 Å². The Balaban J connectivity index is 1.54. The van der Waals surface area contributed by atoms with Gasteiger partial charge in [-0.1, -0.05) is 12.1 Å². The van der Waals surface area contributed by atoms with Crippen molar-refractivity contribution in [3.05, 3.63) is 76.1 Å². The van der Waals surface area contributed by atoms with Crippen molar-refractivity contribution in [2.75, 3.05) is 13.2 Å². The van der Waals surface area contributed by atoms with Crippen molar-refractivity contribution in [1.29, 1.82) is 0 Å². The Hall–Kier alpha value is -3.61. The average Bonchev–Trinajstić information content (AvgIpc) is 2.70. The molecule has 0 spiro atoms. The van der Waals surface area contributed by atoms with Gasteiger partial charge in [0.15, 0.2) is 6.61 Å². The van der Waals surface area contributed by atoms with Gasteiger partial charge in [-0.05, 0) is 42.8 Å². The molecule has 0 radical (unpaired) electrons. The van der Waals surface area contributed by atoms with Crippen LogP contribution < -0.4 is 21.0 Å². The maximum Gasteiger partial charge on any atom is 0.336 e. The molecule has 1 heterocycles. The summed E-state index contributed by atoms with van der Waals surface area (Å²) in [6, 6.07) is 15.1. The number of ether oxygens (including phenoxy) is 1. The lowest BCUT2D eigenvalue weighted by molar-refractivity contribution is -0.123. The molecule has 0 fully saturated rings. The van der Waals surface area contributed by atoms with E-state index in [2.05, 4.69) is 10.6 Å². The lowest BCUT2D eigenvalue weighted by Gasteiger charge is -2.09. The summed E-state index contributed by atoms with van der Waals surface area (Å²) in [5, 5.41) is 6.25. The summed E-state index contributed by atoms with van der Waals surface area (Å²) >= 11 is 0. The highest BCUT2D eigenvalue weighted by atomic mass is 16.5. The van der Waals surface area contributed by atoms with Crippen LogP contribution in [0.2, 0.25) is 0 Å². The topological polar surface area (TPSA) is 97.6 Å². The molecule has 0 aliphatic heterocycles. The third-order valence-electron chi connectivity index (χ3n) is 3.98. The molecule has 144 valence electrons. The first kappa shape index (κ1) is 19.2. The lowest BCUT2D eigenvalue weighted by Crippen LogP contribution is -2.28. The van der Waals surface area contributed by atoms with Crippen LogP contribution >= 0.6 is 0 Å². The highest BCUT2D eigenvalue weighted by Gasteiger charge is 2.07. The van der Waals surface area contributed by atoms with Crippen molar-refractivity contribution in [3.63, 3.8) is 0 Å². The predicted molar refractivity (Wildman–Crippen MR) is 104 cm³/mol. The maximum absolute atomic E-state index is 12.0. The Kier molecular flexibility index (Phi) is 6.06. The molecule has 3 aromatic rings. The standard InChI is InChI=1S/C21H20N2O5/c1-2-22-21(26)16-5-3-4-14(10-16)12-23-19(24)13-27-17-8-6-15-7-9-20(25)28-18(15)11-17/h3-11H,2,12-13H2,1H3,(H,22,26)(H,23,24). The smallest absolute Gasteiger partial charge is 0.336 e. The monoisotopic (exact) mass is 380 g/mol. The molecule has 1 aromatic heterocycles. The molecular weight excluding hydrogens is 360 g/mol. The molecule has 0 saturated heterocycles. The van der Waals surface area contributed by atoms with Crippen molar-refractivity contribution in [2.45, 2.75) is 13.5 Å². The van der Waals surface area contributed by atoms with E-state index in [-0.39, 0.29) is 25.0 Å². The van der Waals surface area contributed by atoms with E-state index in [1.807, 2.05) is 13.0 Å². The van der Waals surface area contributed by atoms with Gasteiger partial charge in [-0.3, -0.25) is 9.59 Å². The molecule has 7 heteroatoms. The van der Waals surface area contributed by atoms with Crippen LogP contribution in [-0.2, 0) is 11.3 Å². The fraction of sp³-hybridized carbons (Fsp3) is 0.190. The van der Waals surface area contributed by atoms with Crippen LogP contribution in [0.5, 0.6) is 5.75 Å². The Bertz CT molecular complexity index is 1060. The van der Waals surface area contributed by atoms with E-state index in [4.69, 9.17) is 9.15 Å². The Morgan fingerprint density at radius 2 is 1.86 bits per heavy atom. The third-order valence-corrected chi connectivity index (χ3v) is 3.98. The van der Waals surface area contributed by atoms with Crippen LogP contribution in [-0.4, -0.2) is 25.0 Å². The minimum atomic E-state index is -0.447. The normalized spacial score (nSPS) is 10.5. The van der Waals surface area contributed by atoms with Gasteiger partial charge < -0.3 is 19.8 Å². The van der Waals surface area contributed by atoms with Crippen molar-refractivity contribution >= 4 is 22.8 Å². The first-order valence-electron chi connectivity index (χ1n) is 8.85. The van der Waals surface area contributed by atoms with Crippen molar-refractivity contribution in [1.82, 2.24) is 10.6 Å². The van der Waals surface area contributed by atoms with Crippen LogP contribution in [0.4, 0.5) is 0 Å². The van der Waals surface area contributed by atoms with E-state index >= 15 is 0 Å². The predicted octanol–water partition coefficient (Wildman–Crippen LogP) is 2.24. The first-order chi connectivity index (χ1) is 13.5. The number of nitrogens with one attached hydrogen (secondary N) is 2. The molecule has 7 nitrogen and oxygen atoms in total. The molecule has 0 atom stereocenters. The number of rotatable bonds is 7. The molecular formula is C21H20N2O5. The number of amides is 2. The minimum Gasteiger partial charge on any atom is -0.484 e. The Morgan fingerprint density at radius 1 is 1.04 bits per heavy atom. The zero-order valence-corrected chi connectivity index (χ0v) is 15.4. The minimum absolute atomic E-state index is 0.151. The van der Waals surface area contributed by atoms with Crippen molar-refractivity contribution < 1.29 is 18.7 Å². The number of benzene rings is 2. The van der Waals surface area contributed by atoms with Crippen LogP contribution in [0.25, 0.3) is 11.0 Å². The van der Waals surface area contributed by atoms with E-state index in [0.717, 1.165) is 10.9 Å². The molecule has 2 amide bonds. The fourth-order valence-electron chi connectivity index (χ4n) is 2.62. The molecule has 0 unspecified atom stereocenters. The molecule has 0 aliphatic carbocycles. The summed E-state index contributed by atoms with van der Waals surface area (Å²) in [5.74, 6) is -0.0322. The second-order valence-corrected chi connectivity index (χ2v) is 6.08. The van der Waals surface area contributed by atoms with Crippen LogP contribution in [0.15, 0.2) is 63.8 Å². The van der Waals surface area contributed by atoms with Crippen LogP contribution in [0, 0.1) is 0 Å². The fourth-order valence-corrected chi connectivity index (χ4v) is 2.62. The van der Waals surface area contributed by atoms with Crippen molar-refractivity contribution in [2.24, 2.45) is 0 Å². The molecule has 28 heavy (non-hydrogen) atoms. The summed E-state index contributed by atoms with van der Waals surface area (Å²) in [6.45, 7) is 2.50. The molecule has 0 bridgehead atoms. The lowest BCUT2D eigenvalue weighted by atomic mass is 10.1. The second kappa shape index (κ2) is 8.85. The molecule has 0 aliphatic rings. The summed E-state index contributed by atoms with van der Waals surface area (Å²) < 4.78 is 10.6. The van der Waals surface area contributed by atoms with Crippen LogP contribution in [0.1, 0.15) is 22.8 Å². The van der Waals surface area contributed by atoms with Gasteiger partial charge in [-0.15, -0.1) is 0 Å².